The van der Waals surface area contributed by atoms with E-state index in [-0.39, 0.29) is 12.3 Å². The maximum Gasteiger partial charge on any atom is 0.364 e. The number of carbonyl (C=O) groups is 3. The molecular weight excluding hydrogens is 1370 g/mol. The summed E-state index contributed by atoms with van der Waals surface area (Å²) in [6.45, 7) is 2.19. The molecule has 0 radical (unpaired) electrons. The number of ether oxygens (including phenoxy) is 6. The van der Waals surface area contributed by atoms with Gasteiger partial charge in [-0.2, -0.15) is 0 Å². The molecule has 3 saturated heterocycles. The molecule has 18 unspecified atom stereocenters. The first-order valence-corrected chi connectivity index (χ1v) is 42.9. The van der Waals surface area contributed by atoms with Gasteiger partial charge in [-0.15, -0.1) is 0 Å². The first-order valence-electron chi connectivity index (χ1n) is 42.9. The molecule has 0 aromatic heterocycles. The first kappa shape index (κ1) is 98.1. The zero-order valence-electron chi connectivity index (χ0n) is 66.5. The predicted molar refractivity (Wildman–Crippen MR) is 417 cm³/mol. The fraction of sp³-hybridized carbons (Fsp3) is 0.893. The SMILES string of the molecule is CCCCCCCCCCC/C=C\C/C=C\CCCCCCCCCCCCCCCC(=O)NC(COC1OC(CO)C(OC2OC(CO)C(O)C(OC3(C(=O)O)CC(O)C(NC(C)=O)C(C(O)C(O)CO)O3)C2O)C(O)C1O)C(O)/C=C/CCCCCCCCCCCCCCCCCCCCCCCC. The summed E-state index contributed by atoms with van der Waals surface area (Å²) in [6, 6.07) is -2.62. The molecule has 626 valence electrons. The number of carboxylic acid groups (broad SMARTS) is 1. The number of aliphatic carboxylic acids is 1. The Bertz CT molecular complexity index is 2270. The largest absolute Gasteiger partial charge is 0.477 e. The number of carboxylic acids is 1. The highest BCUT2D eigenvalue weighted by Crippen LogP contribution is 2.39. The van der Waals surface area contributed by atoms with E-state index in [1.165, 1.54) is 238 Å². The lowest BCUT2D eigenvalue weighted by Crippen LogP contribution is -2.70. The minimum Gasteiger partial charge on any atom is -0.477 e. The highest BCUT2D eigenvalue weighted by Gasteiger charge is 2.60. The summed E-state index contributed by atoms with van der Waals surface area (Å²) in [6.07, 6.45) is 43.2. The van der Waals surface area contributed by atoms with Crippen molar-refractivity contribution in [1.29, 1.82) is 0 Å². The molecule has 2 amide bonds. The maximum atomic E-state index is 13.6. The molecule has 0 saturated carbocycles. The van der Waals surface area contributed by atoms with Crippen molar-refractivity contribution >= 4 is 17.8 Å². The van der Waals surface area contributed by atoms with Crippen molar-refractivity contribution in [2.24, 2.45) is 0 Å². The van der Waals surface area contributed by atoms with Crippen LogP contribution < -0.4 is 10.6 Å². The van der Waals surface area contributed by atoms with Crippen LogP contribution in [0.4, 0.5) is 0 Å². The van der Waals surface area contributed by atoms with Crippen molar-refractivity contribution < 1.29 is 104 Å². The topological polar surface area (TPSA) is 373 Å². The molecule has 3 rings (SSSR count). The van der Waals surface area contributed by atoms with E-state index in [4.69, 9.17) is 28.4 Å². The third-order valence-electron chi connectivity index (χ3n) is 21.6. The molecule has 23 nitrogen and oxygen atoms in total. The lowest BCUT2D eigenvalue weighted by molar-refractivity contribution is -0.386. The molecule has 0 aromatic rings. The molecule has 18 atom stereocenters. The number of hydrogen-bond acceptors (Lipinski definition) is 20. The van der Waals surface area contributed by atoms with E-state index >= 15 is 0 Å². The Hall–Kier alpha value is -3.05. The Morgan fingerprint density at radius 1 is 0.495 bits per heavy atom. The quantitative estimate of drug-likeness (QED) is 0.0199. The van der Waals surface area contributed by atoms with Gasteiger partial charge in [-0.3, -0.25) is 9.59 Å². The van der Waals surface area contributed by atoms with E-state index in [1.54, 1.807) is 6.08 Å². The van der Waals surface area contributed by atoms with E-state index in [0.29, 0.717) is 12.8 Å². The summed E-state index contributed by atoms with van der Waals surface area (Å²) in [5, 5.41) is 137. The maximum absolute atomic E-state index is 13.6. The number of aliphatic hydroxyl groups excluding tert-OH is 11. The van der Waals surface area contributed by atoms with Crippen LogP contribution in [0.2, 0.25) is 0 Å². The summed E-state index contributed by atoms with van der Waals surface area (Å²) in [5.74, 6) is -6.14. The lowest BCUT2D eigenvalue weighted by atomic mass is 9.88. The van der Waals surface area contributed by atoms with Crippen LogP contribution in [0.25, 0.3) is 0 Å². The number of allylic oxidation sites excluding steroid dienone is 5. The third kappa shape index (κ3) is 42.1. The number of rotatable bonds is 68. The van der Waals surface area contributed by atoms with Crippen molar-refractivity contribution in [3.63, 3.8) is 0 Å². The van der Waals surface area contributed by atoms with Gasteiger partial charge in [-0.25, -0.2) is 4.79 Å². The van der Waals surface area contributed by atoms with Crippen LogP contribution in [0.15, 0.2) is 36.5 Å². The third-order valence-corrected chi connectivity index (χ3v) is 21.6. The molecule has 3 aliphatic rings. The Morgan fingerprint density at radius 2 is 0.907 bits per heavy atom. The van der Waals surface area contributed by atoms with E-state index in [9.17, 15) is 75.7 Å². The van der Waals surface area contributed by atoms with Gasteiger partial charge in [0.15, 0.2) is 12.6 Å². The van der Waals surface area contributed by atoms with Crippen molar-refractivity contribution in [3.8, 4) is 0 Å². The second-order valence-corrected chi connectivity index (χ2v) is 31.0. The zero-order valence-corrected chi connectivity index (χ0v) is 66.5. The Labute approximate surface area is 644 Å². The van der Waals surface area contributed by atoms with Crippen LogP contribution >= 0.6 is 0 Å². The number of unbranched alkanes of at least 4 members (excludes halogenated alkanes) is 44. The van der Waals surface area contributed by atoms with Gasteiger partial charge in [-0.05, 0) is 51.4 Å². The van der Waals surface area contributed by atoms with Gasteiger partial charge >= 0.3 is 5.97 Å². The zero-order chi connectivity index (χ0) is 78.1. The molecule has 0 bridgehead atoms. The van der Waals surface area contributed by atoms with Crippen molar-refractivity contribution in [2.45, 2.75) is 452 Å². The Balaban J connectivity index is 1.49. The summed E-state index contributed by atoms with van der Waals surface area (Å²) >= 11 is 0. The highest BCUT2D eigenvalue weighted by atomic mass is 16.8. The Morgan fingerprint density at radius 3 is 1.32 bits per heavy atom. The molecule has 23 heteroatoms. The van der Waals surface area contributed by atoms with Crippen molar-refractivity contribution in [3.05, 3.63) is 36.5 Å². The molecule has 3 heterocycles. The van der Waals surface area contributed by atoms with Crippen molar-refractivity contribution in [2.75, 3.05) is 26.4 Å². The average molecular weight is 1530 g/mol. The second kappa shape index (κ2) is 62.4. The average Bonchev–Trinajstić information content (AvgIpc) is 0.754. The summed E-state index contributed by atoms with van der Waals surface area (Å²) < 4.78 is 35.0. The summed E-state index contributed by atoms with van der Waals surface area (Å²) in [4.78, 5) is 38.7. The molecule has 14 N–H and O–H groups in total. The normalized spacial score (nSPS) is 26.1. The lowest BCUT2D eigenvalue weighted by Gasteiger charge is -2.50. The fourth-order valence-corrected chi connectivity index (χ4v) is 14.8. The van der Waals surface area contributed by atoms with E-state index in [1.807, 2.05) is 6.08 Å². The van der Waals surface area contributed by atoms with Gasteiger partial charge in [0.1, 0.15) is 67.1 Å². The smallest absolute Gasteiger partial charge is 0.364 e. The molecule has 3 aliphatic heterocycles. The van der Waals surface area contributed by atoms with Gasteiger partial charge in [0, 0.05) is 19.8 Å². The second-order valence-electron chi connectivity index (χ2n) is 31.0. The van der Waals surface area contributed by atoms with Crippen LogP contribution in [0.1, 0.15) is 342 Å². The molecule has 107 heavy (non-hydrogen) atoms. The van der Waals surface area contributed by atoms with Crippen LogP contribution in [0.3, 0.4) is 0 Å². The number of nitrogens with one attached hydrogen (secondary N) is 2. The predicted octanol–water partition coefficient (Wildman–Crippen LogP) is 12.5. The number of amides is 2. The molecular formula is C84H154N2O21. The highest BCUT2D eigenvalue weighted by molar-refractivity contribution is 5.77. The molecule has 3 fully saturated rings. The minimum atomic E-state index is -3.08. The molecule has 0 spiro atoms. The summed E-state index contributed by atoms with van der Waals surface area (Å²) in [7, 11) is 0. The monoisotopic (exact) mass is 1530 g/mol. The number of aliphatic hydroxyl groups is 11. The van der Waals surface area contributed by atoms with Gasteiger partial charge in [-0.1, -0.05) is 307 Å². The van der Waals surface area contributed by atoms with Crippen LogP contribution in [0.5, 0.6) is 0 Å². The van der Waals surface area contributed by atoms with Gasteiger partial charge in [0.05, 0.1) is 50.7 Å². The van der Waals surface area contributed by atoms with E-state index in [0.717, 1.165) is 64.7 Å². The standard InChI is InChI=1S/C84H154N2O21/c1-4-6-8-10-12-14-16-18-20-22-24-26-28-30-31-32-33-34-36-38-40-42-44-46-48-50-52-54-56-58-71(94)86-65(66(91)57-55-53-51-49-47-45-43-41-39-37-35-29-27-25-23-21-19-17-15-13-11-9-7-5-2)63-102-81-76(98)75(97)78(70(62-89)104-81)105-82-77(99)80(74(96)69(61-88)103-82)107-84(83(100)101)59-67(92)72(85-64(3)90)79(106-84)73(95)68(93)60-87/h24,26,30-31,55,57,65-70,72-82,87-89,91-93,95-99H,4-23,25,27-29,32-54,56,58-63H2,1-3H3,(H,85,90)(H,86,94)(H,100,101)/b26-24-,31-30-,57-55+. The first-order chi connectivity index (χ1) is 51.9. The number of carbonyl (C=O) groups excluding carboxylic acids is 2. The minimum absolute atomic E-state index is 0.200. The van der Waals surface area contributed by atoms with Crippen molar-refractivity contribution in [1.82, 2.24) is 10.6 Å². The molecule has 0 aromatic carbocycles. The van der Waals surface area contributed by atoms with Gasteiger partial charge in [0.25, 0.3) is 5.79 Å². The summed E-state index contributed by atoms with van der Waals surface area (Å²) in [5.41, 5.74) is 0. The molecule has 0 aliphatic carbocycles. The van der Waals surface area contributed by atoms with Gasteiger partial charge < -0.3 is 100 Å². The number of hydrogen-bond donors (Lipinski definition) is 14. The fourth-order valence-electron chi connectivity index (χ4n) is 14.8. The van der Waals surface area contributed by atoms with E-state index < -0.39 is 155 Å². The van der Waals surface area contributed by atoms with Crippen LogP contribution in [-0.2, 0) is 42.8 Å². The van der Waals surface area contributed by atoms with Crippen LogP contribution in [0, 0.1) is 0 Å². The van der Waals surface area contributed by atoms with Gasteiger partial charge in [0.2, 0.25) is 11.8 Å². The van der Waals surface area contributed by atoms with E-state index in [2.05, 4.69) is 48.8 Å². The Kier molecular flexibility index (Phi) is 57.2. The van der Waals surface area contributed by atoms with Crippen LogP contribution in [-0.4, -0.2) is 215 Å².